The van der Waals surface area contributed by atoms with Crippen molar-refractivity contribution in [2.45, 2.75) is 58.5 Å². The molecule has 4 nitrogen and oxygen atoms in total. The van der Waals surface area contributed by atoms with E-state index in [2.05, 4.69) is 33.9 Å². The Bertz CT molecular complexity index is 326. The maximum absolute atomic E-state index is 4.28. The van der Waals surface area contributed by atoms with Crippen molar-refractivity contribution in [2.24, 2.45) is 0 Å². The third kappa shape index (κ3) is 2.43. The minimum absolute atomic E-state index is 0.647. The second-order valence-electron chi connectivity index (χ2n) is 4.65. The van der Waals surface area contributed by atoms with Crippen molar-refractivity contribution in [3.63, 3.8) is 0 Å². The largest absolute Gasteiger partial charge is 0.311 e. The Hall–Kier alpha value is -0.900. The molecule has 1 aromatic rings. The highest BCUT2D eigenvalue weighted by Crippen LogP contribution is 2.30. The maximum atomic E-state index is 4.28. The Labute approximate surface area is 97.5 Å². The van der Waals surface area contributed by atoms with Crippen molar-refractivity contribution in [2.75, 3.05) is 6.54 Å². The summed E-state index contributed by atoms with van der Waals surface area (Å²) in [5.74, 6) is 2.18. The molecule has 1 aliphatic rings. The molecule has 0 aliphatic heterocycles. The first-order chi connectivity index (χ1) is 7.83. The predicted molar refractivity (Wildman–Crippen MR) is 64.3 cm³/mol. The summed E-state index contributed by atoms with van der Waals surface area (Å²) in [6, 6.07) is 0.647. The first-order valence-corrected chi connectivity index (χ1v) is 6.44. The zero-order chi connectivity index (χ0) is 11.4. The maximum Gasteiger partial charge on any atom is 0.147 e. The Kier molecular flexibility index (Phi) is 3.93. The Morgan fingerprint density at radius 3 is 2.75 bits per heavy atom. The summed E-state index contributed by atoms with van der Waals surface area (Å²) in [6.45, 7) is 6.15. The molecule has 16 heavy (non-hydrogen) atoms. The van der Waals surface area contributed by atoms with Crippen LogP contribution in [0.5, 0.6) is 0 Å². The van der Waals surface area contributed by atoms with E-state index in [-0.39, 0.29) is 0 Å². The van der Waals surface area contributed by atoms with Gasteiger partial charge in [0.25, 0.3) is 0 Å². The first-order valence-electron chi connectivity index (χ1n) is 6.44. The van der Waals surface area contributed by atoms with Gasteiger partial charge in [-0.25, -0.2) is 0 Å². The Morgan fingerprint density at radius 1 is 1.31 bits per heavy atom. The molecule has 1 aliphatic carbocycles. The summed E-state index contributed by atoms with van der Waals surface area (Å²) in [6.07, 6.45) is 6.45. The third-order valence-corrected chi connectivity index (χ3v) is 3.34. The summed E-state index contributed by atoms with van der Waals surface area (Å²) in [5, 5.41) is 11.9. The molecule has 1 N–H and O–H groups in total. The standard InChI is InChI=1S/C12H22N4/c1-3-8-13-9-12-15-14-10(2)16(12)11-6-4-5-7-11/h11,13H,3-9H2,1-2H3. The van der Waals surface area contributed by atoms with Crippen LogP contribution in [0.3, 0.4) is 0 Å². The molecule has 0 spiro atoms. The van der Waals surface area contributed by atoms with E-state index in [1.165, 1.54) is 25.7 Å². The molecule has 0 amide bonds. The van der Waals surface area contributed by atoms with Crippen molar-refractivity contribution in [1.82, 2.24) is 20.1 Å². The van der Waals surface area contributed by atoms with Gasteiger partial charge in [-0.05, 0) is 32.7 Å². The van der Waals surface area contributed by atoms with Crippen LogP contribution < -0.4 is 5.32 Å². The van der Waals surface area contributed by atoms with Crippen LogP contribution in [0.1, 0.15) is 56.7 Å². The molecular weight excluding hydrogens is 200 g/mol. The fourth-order valence-electron chi connectivity index (χ4n) is 2.55. The second kappa shape index (κ2) is 5.43. The van der Waals surface area contributed by atoms with Crippen LogP contribution in [0.2, 0.25) is 0 Å². The molecule has 90 valence electrons. The summed E-state index contributed by atoms with van der Waals surface area (Å²) < 4.78 is 2.34. The van der Waals surface area contributed by atoms with E-state index in [4.69, 9.17) is 0 Å². The van der Waals surface area contributed by atoms with Crippen LogP contribution in [0.15, 0.2) is 0 Å². The number of rotatable bonds is 5. The van der Waals surface area contributed by atoms with Gasteiger partial charge in [-0.15, -0.1) is 10.2 Å². The molecule has 0 radical (unpaired) electrons. The van der Waals surface area contributed by atoms with E-state index in [0.717, 1.165) is 31.2 Å². The molecule has 1 saturated carbocycles. The Balaban J connectivity index is 2.05. The molecule has 0 unspecified atom stereocenters. The molecule has 1 aromatic heterocycles. The number of hydrogen-bond acceptors (Lipinski definition) is 3. The fourth-order valence-corrected chi connectivity index (χ4v) is 2.55. The normalized spacial score (nSPS) is 17.1. The SMILES string of the molecule is CCCNCc1nnc(C)n1C1CCCC1. The molecule has 2 rings (SSSR count). The van der Waals surface area contributed by atoms with Crippen LogP contribution in [0, 0.1) is 6.92 Å². The van der Waals surface area contributed by atoms with Gasteiger partial charge in [-0.2, -0.15) is 0 Å². The van der Waals surface area contributed by atoms with Crippen LogP contribution in [-0.2, 0) is 6.54 Å². The summed E-state index contributed by atoms with van der Waals surface area (Å²) >= 11 is 0. The minimum atomic E-state index is 0.647. The summed E-state index contributed by atoms with van der Waals surface area (Å²) in [7, 11) is 0. The quantitative estimate of drug-likeness (QED) is 0.777. The van der Waals surface area contributed by atoms with Crippen LogP contribution in [0.25, 0.3) is 0 Å². The predicted octanol–water partition coefficient (Wildman–Crippen LogP) is 2.20. The lowest BCUT2D eigenvalue weighted by molar-refractivity contribution is 0.475. The van der Waals surface area contributed by atoms with E-state index in [0.29, 0.717) is 6.04 Å². The first kappa shape index (κ1) is 11.6. The topological polar surface area (TPSA) is 42.7 Å². The summed E-state index contributed by atoms with van der Waals surface area (Å²) in [4.78, 5) is 0. The molecule has 0 atom stereocenters. The zero-order valence-electron chi connectivity index (χ0n) is 10.4. The third-order valence-electron chi connectivity index (χ3n) is 3.34. The van der Waals surface area contributed by atoms with Gasteiger partial charge in [-0.3, -0.25) is 0 Å². The van der Waals surface area contributed by atoms with Gasteiger partial charge in [0, 0.05) is 6.04 Å². The van der Waals surface area contributed by atoms with Crippen molar-refractivity contribution in [3.05, 3.63) is 11.6 Å². The highest BCUT2D eigenvalue weighted by atomic mass is 15.3. The average molecular weight is 222 g/mol. The number of nitrogens with one attached hydrogen (secondary N) is 1. The Morgan fingerprint density at radius 2 is 2.06 bits per heavy atom. The van der Waals surface area contributed by atoms with Crippen molar-refractivity contribution >= 4 is 0 Å². The molecule has 0 bridgehead atoms. The lowest BCUT2D eigenvalue weighted by Gasteiger charge is -2.15. The van der Waals surface area contributed by atoms with E-state index in [9.17, 15) is 0 Å². The lowest BCUT2D eigenvalue weighted by Crippen LogP contribution is -2.19. The average Bonchev–Trinajstić information content (AvgIpc) is 2.88. The van der Waals surface area contributed by atoms with Crippen LogP contribution >= 0.6 is 0 Å². The van der Waals surface area contributed by atoms with Crippen molar-refractivity contribution in [3.8, 4) is 0 Å². The minimum Gasteiger partial charge on any atom is -0.311 e. The van der Waals surface area contributed by atoms with E-state index in [1.54, 1.807) is 0 Å². The molecule has 4 heteroatoms. The number of aryl methyl sites for hydroxylation is 1. The van der Waals surface area contributed by atoms with Crippen LogP contribution in [0.4, 0.5) is 0 Å². The van der Waals surface area contributed by atoms with Gasteiger partial charge in [0.05, 0.1) is 6.54 Å². The van der Waals surface area contributed by atoms with Gasteiger partial charge in [0.2, 0.25) is 0 Å². The molecule has 0 saturated heterocycles. The van der Waals surface area contributed by atoms with Gasteiger partial charge in [0.15, 0.2) is 0 Å². The highest BCUT2D eigenvalue weighted by Gasteiger charge is 2.21. The fraction of sp³-hybridized carbons (Fsp3) is 0.833. The highest BCUT2D eigenvalue weighted by molar-refractivity contribution is 4.98. The van der Waals surface area contributed by atoms with Crippen molar-refractivity contribution in [1.29, 1.82) is 0 Å². The number of nitrogens with zero attached hydrogens (tertiary/aromatic N) is 3. The smallest absolute Gasteiger partial charge is 0.147 e. The zero-order valence-corrected chi connectivity index (χ0v) is 10.4. The van der Waals surface area contributed by atoms with E-state index in [1.807, 2.05) is 0 Å². The second-order valence-corrected chi connectivity index (χ2v) is 4.65. The van der Waals surface area contributed by atoms with E-state index < -0.39 is 0 Å². The van der Waals surface area contributed by atoms with Crippen molar-refractivity contribution < 1.29 is 0 Å². The molecule has 1 heterocycles. The van der Waals surface area contributed by atoms with Crippen LogP contribution in [-0.4, -0.2) is 21.3 Å². The molecule has 0 aromatic carbocycles. The molecule has 1 fully saturated rings. The monoisotopic (exact) mass is 222 g/mol. The number of aromatic nitrogens is 3. The van der Waals surface area contributed by atoms with Gasteiger partial charge in [-0.1, -0.05) is 19.8 Å². The van der Waals surface area contributed by atoms with Gasteiger partial charge < -0.3 is 9.88 Å². The number of hydrogen-bond donors (Lipinski definition) is 1. The van der Waals surface area contributed by atoms with Gasteiger partial charge in [0.1, 0.15) is 11.6 Å². The summed E-state index contributed by atoms with van der Waals surface area (Å²) in [5.41, 5.74) is 0. The lowest BCUT2D eigenvalue weighted by atomic mass is 10.2. The van der Waals surface area contributed by atoms with E-state index >= 15 is 0 Å². The molecular formula is C12H22N4. The van der Waals surface area contributed by atoms with Gasteiger partial charge >= 0.3 is 0 Å².